The molecule has 1 aromatic heterocycles. The lowest BCUT2D eigenvalue weighted by molar-refractivity contribution is -0.914. The summed E-state index contributed by atoms with van der Waals surface area (Å²) in [5, 5.41) is 1.27. The Hall–Kier alpha value is -0.870. The standard InChI is InChI=1S/C16H24N2OS/c1-3-4-9-17-10-14-13-7-5-6-8-15(13)20-16(14)18(11-17)12(2)19/h3-11H2,1-2H3/p+1. The molecule has 0 saturated heterocycles. The summed E-state index contributed by atoms with van der Waals surface area (Å²) < 4.78 is 0. The number of carbonyl (C=O) groups excluding carboxylic acids is 1. The summed E-state index contributed by atoms with van der Waals surface area (Å²) in [5.74, 6) is 0.207. The van der Waals surface area contributed by atoms with Crippen molar-refractivity contribution in [2.24, 2.45) is 0 Å². The highest BCUT2D eigenvalue weighted by Crippen LogP contribution is 2.40. The van der Waals surface area contributed by atoms with Gasteiger partial charge in [-0.15, -0.1) is 11.3 Å². The second-order valence-corrected chi connectivity index (χ2v) is 7.21. The van der Waals surface area contributed by atoms with Crippen molar-refractivity contribution in [2.45, 2.75) is 58.9 Å². The van der Waals surface area contributed by atoms with Crippen molar-refractivity contribution in [1.82, 2.24) is 0 Å². The fourth-order valence-electron chi connectivity index (χ4n) is 3.47. The molecule has 110 valence electrons. The van der Waals surface area contributed by atoms with Crippen LogP contribution in [0.4, 0.5) is 5.00 Å². The molecule has 0 bridgehead atoms. The van der Waals surface area contributed by atoms with E-state index in [0.717, 1.165) is 13.2 Å². The van der Waals surface area contributed by atoms with Crippen LogP contribution >= 0.6 is 11.3 Å². The van der Waals surface area contributed by atoms with Gasteiger partial charge in [0.1, 0.15) is 11.5 Å². The van der Waals surface area contributed by atoms with Gasteiger partial charge in [0.15, 0.2) is 6.67 Å². The van der Waals surface area contributed by atoms with Crippen molar-refractivity contribution in [3.63, 3.8) is 0 Å². The maximum Gasteiger partial charge on any atom is 0.228 e. The number of unbranched alkanes of at least 4 members (excludes halogenated alkanes) is 1. The minimum absolute atomic E-state index is 0.207. The molecule has 0 aromatic carbocycles. The largest absolute Gasteiger partial charge is 0.314 e. The van der Waals surface area contributed by atoms with Crippen molar-refractivity contribution in [3.05, 3.63) is 16.0 Å². The average Bonchev–Trinajstić information content (AvgIpc) is 2.82. The number of carbonyl (C=O) groups is 1. The fraction of sp³-hybridized carbons (Fsp3) is 0.688. The quantitative estimate of drug-likeness (QED) is 0.907. The van der Waals surface area contributed by atoms with Gasteiger partial charge >= 0.3 is 0 Å². The number of quaternary nitrogens is 1. The molecule has 1 atom stereocenters. The zero-order valence-electron chi connectivity index (χ0n) is 12.6. The first kappa shape index (κ1) is 14.1. The summed E-state index contributed by atoms with van der Waals surface area (Å²) in [5.41, 5.74) is 3.09. The summed E-state index contributed by atoms with van der Waals surface area (Å²) in [6.07, 6.45) is 7.58. The van der Waals surface area contributed by atoms with E-state index in [4.69, 9.17) is 0 Å². The van der Waals surface area contributed by atoms with Crippen molar-refractivity contribution in [3.8, 4) is 0 Å². The Balaban J connectivity index is 1.92. The van der Waals surface area contributed by atoms with Gasteiger partial charge in [0.05, 0.1) is 6.54 Å². The van der Waals surface area contributed by atoms with Gasteiger partial charge in [-0.3, -0.25) is 9.69 Å². The first-order valence-electron chi connectivity index (χ1n) is 7.95. The van der Waals surface area contributed by atoms with E-state index < -0.39 is 0 Å². The first-order chi connectivity index (χ1) is 9.70. The van der Waals surface area contributed by atoms with Crippen LogP contribution in [0.5, 0.6) is 0 Å². The number of anilines is 1. The van der Waals surface area contributed by atoms with E-state index >= 15 is 0 Å². The Morgan fingerprint density at radius 2 is 2.10 bits per heavy atom. The molecule has 0 fully saturated rings. The van der Waals surface area contributed by atoms with E-state index in [1.807, 2.05) is 16.2 Å². The molecule has 3 nitrogen and oxygen atoms in total. The first-order valence-corrected chi connectivity index (χ1v) is 8.77. The third-order valence-electron chi connectivity index (χ3n) is 4.58. The molecule has 1 aliphatic carbocycles. The molecular formula is C16H25N2OS+. The Kier molecular flexibility index (Phi) is 4.13. The number of aryl methyl sites for hydroxylation is 1. The zero-order valence-corrected chi connectivity index (χ0v) is 13.4. The molecule has 1 amide bonds. The summed E-state index contributed by atoms with van der Waals surface area (Å²) >= 11 is 1.89. The summed E-state index contributed by atoms with van der Waals surface area (Å²) in [6, 6.07) is 0. The van der Waals surface area contributed by atoms with Crippen molar-refractivity contribution in [2.75, 3.05) is 18.1 Å². The highest BCUT2D eigenvalue weighted by atomic mass is 32.1. The molecule has 2 aliphatic rings. The molecule has 20 heavy (non-hydrogen) atoms. The predicted octanol–water partition coefficient (Wildman–Crippen LogP) is 2.14. The van der Waals surface area contributed by atoms with Crippen molar-refractivity contribution >= 4 is 22.2 Å². The molecule has 0 spiro atoms. The number of nitrogens with zero attached hydrogens (tertiary/aromatic N) is 1. The summed E-state index contributed by atoms with van der Waals surface area (Å²) in [7, 11) is 0. The Morgan fingerprint density at radius 1 is 1.30 bits per heavy atom. The Morgan fingerprint density at radius 3 is 2.85 bits per heavy atom. The van der Waals surface area contributed by atoms with Crippen LogP contribution in [0.1, 0.15) is 55.5 Å². The van der Waals surface area contributed by atoms with Crippen molar-refractivity contribution in [1.29, 1.82) is 0 Å². The number of amides is 1. The van der Waals surface area contributed by atoms with Crippen LogP contribution in [0.2, 0.25) is 0 Å². The van der Waals surface area contributed by atoms with Gasteiger partial charge in [-0.25, -0.2) is 0 Å². The molecule has 0 radical (unpaired) electrons. The number of nitrogens with one attached hydrogen (secondary N) is 1. The van der Waals surface area contributed by atoms with Gasteiger partial charge in [0.2, 0.25) is 5.91 Å². The minimum Gasteiger partial charge on any atom is -0.314 e. The molecule has 1 aliphatic heterocycles. The van der Waals surface area contributed by atoms with E-state index in [2.05, 4.69) is 6.92 Å². The lowest BCUT2D eigenvalue weighted by atomic mass is 9.94. The highest BCUT2D eigenvalue weighted by molar-refractivity contribution is 7.16. The Labute approximate surface area is 125 Å². The van der Waals surface area contributed by atoms with Crippen LogP contribution in [0.15, 0.2) is 0 Å². The summed E-state index contributed by atoms with van der Waals surface area (Å²) in [4.78, 5) is 17.2. The molecule has 1 N–H and O–H groups in total. The highest BCUT2D eigenvalue weighted by Gasteiger charge is 2.33. The van der Waals surface area contributed by atoms with Gasteiger partial charge in [-0.1, -0.05) is 13.3 Å². The zero-order chi connectivity index (χ0) is 14.1. The lowest BCUT2D eigenvalue weighted by Crippen LogP contribution is -3.13. The predicted molar refractivity (Wildman–Crippen MR) is 83.4 cm³/mol. The summed E-state index contributed by atoms with van der Waals surface area (Å²) in [6.45, 7) is 7.13. The van der Waals surface area contributed by atoms with Crippen LogP contribution in [0, 0.1) is 0 Å². The molecule has 2 heterocycles. The third kappa shape index (κ3) is 2.51. The third-order valence-corrected chi connectivity index (χ3v) is 5.93. The van der Waals surface area contributed by atoms with Gasteiger partial charge in [-0.2, -0.15) is 0 Å². The smallest absolute Gasteiger partial charge is 0.228 e. The number of hydrogen-bond acceptors (Lipinski definition) is 2. The SMILES string of the molecule is CCCC[NH+]1Cc2c(sc3c2CCCC3)N(C(C)=O)C1. The fourth-order valence-corrected chi connectivity index (χ4v) is 4.92. The molecule has 0 saturated carbocycles. The van der Waals surface area contributed by atoms with E-state index in [0.29, 0.717) is 0 Å². The number of rotatable bonds is 3. The van der Waals surface area contributed by atoms with Gasteiger partial charge in [0, 0.05) is 17.4 Å². The van der Waals surface area contributed by atoms with Gasteiger partial charge in [0.25, 0.3) is 0 Å². The maximum atomic E-state index is 12.0. The monoisotopic (exact) mass is 293 g/mol. The van der Waals surface area contributed by atoms with Crippen LogP contribution < -0.4 is 9.80 Å². The van der Waals surface area contributed by atoms with Crippen LogP contribution in [-0.2, 0) is 24.2 Å². The maximum absolute atomic E-state index is 12.0. The molecule has 1 aromatic rings. The van der Waals surface area contributed by atoms with E-state index in [1.165, 1.54) is 55.6 Å². The minimum atomic E-state index is 0.207. The average molecular weight is 293 g/mol. The van der Waals surface area contributed by atoms with E-state index in [-0.39, 0.29) is 5.91 Å². The van der Waals surface area contributed by atoms with Crippen LogP contribution in [0.25, 0.3) is 0 Å². The normalized spacial score (nSPS) is 21.5. The van der Waals surface area contributed by atoms with E-state index in [1.54, 1.807) is 22.3 Å². The molecular weight excluding hydrogens is 268 g/mol. The Bertz CT molecular complexity index is 509. The molecule has 4 heteroatoms. The molecule has 3 rings (SSSR count). The number of fused-ring (bicyclic) bond motifs is 3. The van der Waals surface area contributed by atoms with E-state index in [9.17, 15) is 4.79 Å². The molecule has 1 unspecified atom stereocenters. The van der Waals surface area contributed by atoms with Crippen LogP contribution in [0.3, 0.4) is 0 Å². The topological polar surface area (TPSA) is 24.8 Å². The number of hydrogen-bond donors (Lipinski definition) is 1. The van der Waals surface area contributed by atoms with Gasteiger partial charge in [-0.05, 0) is 37.7 Å². The second-order valence-electron chi connectivity index (χ2n) is 6.13. The van der Waals surface area contributed by atoms with Gasteiger partial charge < -0.3 is 4.90 Å². The lowest BCUT2D eigenvalue weighted by Gasteiger charge is -2.32. The number of thiophene rings is 1. The second kappa shape index (κ2) is 5.86. The van der Waals surface area contributed by atoms with Crippen molar-refractivity contribution < 1.29 is 9.69 Å². The van der Waals surface area contributed by atoms with Crippen LogP contribution in [-0.4, -0.2) is 19.1 Å².